The van der Waals surface area contributed by atoms with E-state index in [9.17, 15) is 0 Å². The average molecular weight is 420 g/mol. The van der Waals surface area contributed by atoms with E-state index in [0.29, 0.717) is 17.5 Å². The fourth-order valence-corrected chi connectivity index (χ4v) is 4.68. The lowest BCUT2D eigenvalue weighted by Crippen LogP contribution is -2.36. The molecule has 1 aliphatic carbocycles. The summed E-state index contributed by atoms with van der Waals surface area (Å²) in [6.45, 7) is 3.22. The van der Waals surface area contributed by atoms with Crippen LogP contribution in [0, 0.1) is 0 Å². The van der Waals surface area contributed by atoms with Gasteiger partial charge in [-0.05, 0) is 31.0 Å². The molecule has 0 bridgehead atoms. The van der Waals surface area contributed by atoms with Crippen LogP contribution in [0.25, 0.3) is 22.3 Å². The second-order valence-electron chi connectivity index (χ2n) is 8.39. The van der Waals surface area contributed by atoms with Gasteiger partial charge in [-0.1, -0.05) is 19.3 Å². The van der Waals surface area contributed by atoms with Gasteiger partial charge >= 0.3 is 0 Å². The van der Waals surface area contributed by atoms with Crippen LogP contribution in [0.2, 0.25) is 0 Å². The molecule has 1 aliphatic heterocycles. The van der Waals surface area contributed by atoms with Gasteiger partial charge < -0.3 is 20.3 Å². The normalized spacial score (nSPS) is 17.8. The van der Waals surface area contributed by atoms with E-state index in [4.69, 9.17) is 20.4 Å². The van der Waals surface area contributed by atoms with Crippen LogP contribution < -0.4 is 15.5 Å². The SMILES string of the molecule is CN(c1cc(-c2ccc(N3CCOCC3)nc2)nc2ncnc(N)c12)C1CCCCC1. The van der Waals surface area contributed by atoms with E-state index in [1.807, 2.05) is 6.20 Å². The first-order chi connectivity index (χ1) is 15.2. The number of rotatable bonds is 4. The van der Waals surface area contributed by atoms with E-state index in [1.165, 1.54) is 38.4 Å². The number of nitrogen functional groups attached to an aromatic ring is 1. The van der Waals surface area contributed by atoms with Crippen molar-refractivity contribution in [3.63, 3.8) is 0 Å². The molecule has 2 fully saturated rings. The van der Waals surface area contributed by atoms with E-state index >= 15 is 0 Å². The third kappa shape index (κ3) is 3.99. The molecule has 0 aromatic carbocycles. The highest BCUT2D eigenvalue weighted by molar-refractivity contribution is 5.99. The van der Waals surface area contributed by atoms with Gasteiger partial charge in [0.1, 0.15) is 18.0 Å². The highest BCUT2D eigenvalue weighted by Crippen LogP contribution is 2.35. The lowest BCUT2D eigenvalue weighted by molar-refractivity contribution is 0.122. The summed E-state index contributed by atoms with van der Waals surface area (Å²) in [4.78, 5) is 22.8. The maximum atomic E-state index is 6.27. The van der Waals surface area contributed by atoms with Gasteiger partial charge in [0.25, 0.3) is 0 Å². The molecule has 4 heterocycles. The van der Waals surface area contributed by atoms with Gasteiger partial charge in [0, 0.05) is 37.9 Å². The zero-order chi connectivity index (χ0) is 21.2. The monoisotopic (exact) mass is 419 g/mol. The summed E-state index contributed by atoms with van der Waals surface area (Å²) in [5, 5.41) is 0.831. The number of pyridine rings is 2. The van der Waals surface area contributed by atoms with Crippen LogP contribution in [-0.2, 0) is 4.74 Å². The average Bonchev–Trinajstić information content (AvgIpc) is 2.84. The highest BCUT2D eigenvalue weighted by atomic mass is 16.5. The van der Waals surface area contributed by atoms with Gasteiger partial charge in [0.2, 0.25) is 0 Å². The molecular weight excluding hydrogens is 390 g/mol. The van der Waals surface area contributed by atoms with E-state index in [2.05, 4.69) is 45.0 Å². The number of ether oxygens (including phenoxy) is 1. The predicted molar refractivity (Wildman–Crippen MR) is 123 cm³/mol. The third-order valence-electron chi connectivity index (χ3n) is 6.49. The molecule has 5 rings (SSSR count). The molecule has 0 amide bonds. The molecular formula is C23H29N7O. The van der Waals surface area contributed by atoms with Crippen molar-refractivity contribution >= 4 is 28.4 Å². The summed E-state index contributed by atoms with van der Waals surface area (Å²) in [5.74, 6) is 1.45. The van der Waals surface area contributed by atoms with Crippen molar-refractivity contribution in [3.8, 4) is 11.3 Å². The third-order valence-corrected chi connectivity index (χ3v) is 6.49. The molecule has 0 unspecified atom stereocenters. The first-order valence-electron chi connectivity index (χ1n) is 11.1. The molecule has 0 atom stereocenters. The standard InChI is InChI=1S/C23H29N7O/c1-29(17-5-3-2-4-6-17)19-13-18(28-23-21(19)22(24)26-15-27-23)16-7-8-20(25-14-16)30-9-11-31-12-10-30/h7-8,13-15,17H,2-6,9-12H2,1H3,(H2,24,26,27,28). The lowest BCUT2D eigenvalue weighted by Gasteiger charge is -2.33. The summed E-state index contributed by atoms with van der Waals surface area (Å²) < 4.78 is 5.44. The number of morpholine rings is 1. The van der Waals surface area contributed by atoms with Crippen LogP contribution in [0.3, 0.4) is 0 Å². The van der Waals surface area contributed by atoms with Crippen molar-refractivity contribution in [2.75, 3.05) is 48.9 Å². The number of nitrogens with two attached hydrogens (primary N) is 1. The van der Waals surface area contributed by atoms with E-state index < -0.39 is 0 Å². The second-order valence-corrected chi connectivity index (χ2v) is 8.39. The Hall–Kier alpha value is -3.00. The Kier molecular flexibility index (Phi) is 5.55. The molecule has 2 aliphatic rings. The van der Waals surface area contributed by atoms with Gasteiger partial charge in [-0.3, -0.25) is 0 Å². The molecule has 31 heavy (non-hydrogen) atoms. The first kappa shape index (κ1) is 19.9. The largest absolute Gasteiger partial charge is 0.383 e. The van der Waals surface area contributed by atoms with Crippen molar-refractivity contribution in [1.29, 1.82) is 0 Å². The molecule has 8 heteroatoms. The van der Waals surface area contributed by atoms with Crippen LogP contribution in [-0.4, -0.2) is 59.3 Å². The van der Waals surface area contributed by atoms with Gasteiger partial charge in [0.15, 0.2) is 5.65 Å². The van der Waals surface area contributed by atoms with Crippen molar-refractivity contribution in [2.45, 2.75) is 38.1 Å². The molecule has 0 radical (unpaired) electrons. The van der Waals surface area contributed by atoms with Gasteiger partial charge in [0.05, 0.1) is 30.0 Å². The van der Waals surface area contributed by atoms with Crippen molar-refractivity contribution < 1.29 is 4.74 Å². The van der Waals surface area contributed by atoms with E-state index in [-0.39, 0.29) is 0 Å². The van der Waals surface area contributed by atoms with Crippen LogP contribution in [0.4, 0.5) is 17.3 Å². The minimum Gasteiger partial charge on any atom is -0.383 e. The summed E-state index contributed by atoms with van der Waals surface area (Å²) >= 11 is 0. The maximum Gasteiger partial charge on any atom is 0.167 e. The lowest BCUT2D eigenvalue weighted by atomic mass is 9.94. The molecule has 2 N–H and O–H groups in total. The van der Waals surface area contributed by atoms with Crippen LogP contribution >= 0.6 is 0 Å². The molecule has 8 nitrogen and oxygen atoms in total. The number of nitrogens with zero attached hydrogens (tertiary/aromatic N) is 6. The zero-order valence-electron chi connectivity index (χ0n) is 18.0. The van der Waals surface area contributed by atoms with Gasteiger partial charge in [-0.15, -0.1) is 0 Å². The van der Waals surface area contributed by atoms with Crippen molar-refractivity contribution in [3.05, 3.63) is 30.7 Å². The first-order valence-corrected chi connectivity index (χ1v) is 11.1. The zero-order valence-corrected chi connectivity index (χ0v) is 18.0. The number of hydrogen-bond acceptors (Lipinski definition) is 8. The Morgan fingerprint density at radius 3 is 2.61 bits per heavy atom. The Labute approximate surface area is 182 Å². The Morgan fingerprint density at radius 2 is 1.87 bits per heavy atom. The topological polar surface area (TPSA) is 93.3 Å². The van der Waals surface area contributed by atoms with Crippen LogP contribution in [0.15, 0.2) is 30.7 Å². The predicted octanol–water partition coefficient (Wildman–Crippen LogP) is 3.27. The second kappa shape index (κ2) is 8.63. The Morgan fingerprint density at radius 1 is 1.06 bits per heavy atom. The summed E-state index contributed by atoms with van der Waals surface area (Å²) in [5.41, 5.74) is 9.76. The quantitative estimate of drug-likeness (QED) is 0.689. The van der Waals surface area contributed by atoms with Crippen molar-refractivity contribution in [1.82, 2.24) is 19.9 Å². The minimum absolute atomic E-state index is 0.475. The van der Waals surface area contributed by atoms with Crippen LogP contribution in [0.5, 0.6) is 0 Å². The molecule has 3 aromatic heterocycles. The summed E-state index contributed by atoms with van der Waals surface area (Å²) in [7, 11) is 2.15. The van der Waals surface area contributed by atoms with Gasteiger partial charge in [-0.2, -0.15) is 0 Å². The summed E-state index contributed by atoms with van der Waals surface area (Å²) in [6.07, 6.45) is 9.62. The smallest absolute Gasteiger partial charge is 0.167 e. The number of anilines is 3. The van der Waals surface area contributed by atoms with E-state index in [0.717, 1.165) is 54.5 Å². The maximum absolute atomic E-state index is 6.27. The number of aromatic nitrogens is 4. The van der Waals surface area contributed by atoms with Crippen LogP contribution in [0.1, 0.15) is 32.1 Å². The molecule has 0 spiro atoms. The molecule has 162 valence electrons. The van der Waals surface area contributed by atoms with Crippen molar-refractivity contribution in [2.24, 2.45) is 0 Å². The van der Waals surface area contributed by atoms with Gasteiger partial charge in [-0.25, -0.2) is 19.9 Å². The minimum atomic E-state index is 0.475. The fraction of sp³-hybridized carbons (Fsp3) is 0.478. The fourth-order valence-electron chi connectivity index (χ4n) is 4.68. The Balaban J connectivity index is 1.53. The van der Waals surface area contributed by atoms with E-state index in [1.54, 1.807) is 0 Å². The highest BCUT2D eigenvalue weighted by Gasteiger charge is 2.23. The molecule has 1 saturated heterocycles. The molecule has 1 saturated carbocycles. The Bertz CT molecular complexity index is 1040. The molecule has 3 aromatic rings. The number of fused-ring (bicyclic) bond motifs is 1. The number of hydrogen-bond donors (Lipinski definition) is 1. The summed E-state index contributed by atoms with van der Waals surface area (Å²) in [6, 6.07) is 6.75.